The summed E-state index contributed by atoms with van der Waals surface area (Å²) in [5, 5.41) is 0.143. The fraction of sp³-hybridized carbons (Fsp3) is 0.167. The Labute approximate surface area is 162 Å². The van der Waals surface area contributed by atoms with E-state index in [1.165, 1.54) is 6.07 Å². The Balaban J connectivity index is 1.84. The minimum Gasteiger partial charge on any atom is -0.368 e. The van der Waals surface area contributed by atoms with Crippen molar-refractivity contribution in [3.63, 3.8) is 0 Å². The highest BCUT2D eigenvalue weighted by atomic mass is 35.5. The number of rotatable bonds is 6. The standard InChI is InChI=1S/C18H18ClN5O2S/c1-12-15(11-22-18(20)24-12)14-2-3-16(19)17(10-14)27(25,26)23-9-6-13-4-7-21-8-5-13/h2-5,7-8,10-11,23H,6,9H2,1H3,(H2,20,22,24). The van der Waals surface area contributed by atoms with Crippen LogP contribution < -0.4 is 10.5 Å². The van der Waals surface area contributed by atoms with Gasteiger partial charge in [0.2, 0.25) is 16.0 Å². The summed E-state index contributed by atoms with van der Waals surface area (Å²) in [4.78, 5) is 12.0. The first-order chi connectivity index (χ1) is 12.9. The smallest absolute Gasteiger partial charge is 0.242 e. The molecule has 2 heterocycles. The van der Waals surface area contributed by atoms with Crippen LogP contribution in [0, 0.1) is 6.92 Å². The first-order valence-electron chi connectivity index (χ1n) is 8.14. The number of benzene rings is 1. The van der Waals surface area contributed by atoms with Gasteiger partial charge >= 0.3 is 0 Å². The highest BCUT2D eigenvalue weighted by molar-refractivity contribution is 7.89. The molecule has 3 N–H and O–H groups in total. The molecule has 3 rings (SSSR count). The molecule has 0 saturated carbocycles. The monoisotopic (exact) mass is 403 g/mol. The maximum Gasteiger partial charge on any atom is 0.242 e. The Morgan fingerprint density at radius 3 is 2.63 bits per heavy atom. The second-order valence-corrected chi connectivity index (χ2v) is 8.02. The third-order valence-electron chi connectivity index (χ3n) is 3.98. The van der Waals surface area contributed by atoms with Crippen LogP contribution in [0.15, 0.2) is 53.8 Å². The number of halogens is 1. The second-order valence-electron chi connectivity index (χ2n) is 5.88. The van der Waals surface area contributed by atoms with Gasteiger partial charge in [-0.05, 0) is 48.7 Å². The van der Waals surface area contributed by atoms with Crippen molar-refractivity contribution >= 4 is 27.6 Å². The molecular weight excluding hydrogens is 386 g/mol. The highest BCUT2D eigenvalue weighted by Crippen LogP contribution is 2.29. The third-order valence-corrected chi connectivity index (χ3v) is 5.93. The highest BCUT2D eigenvalue weighted by Gasteiger charge is 2.19. The molecule has 9 heteroatoms. The van der Waals surface area contributed by atoms with Crippen molar-refractivity contribution < 1.29 is 8.42 Å². The van der Waals surface area contributed by atoms with Gasteiger partial charge in [-0.1, -0.05) is 17.7 Å². The van der Waals surface area contributed by atoms with Crippen LogP contribution in [0.25, 0.3) is 11.1 Å². The summed E-state index contributed by atoms with van der Waals surface area (Å²) >= 11 is 6.15. The van der Waals surface area contributed by atoms with Crippen LogP contribution in [0.5, 0.6) is 0 Å². The lowest BCUT2D eigenvalue weighted by Gasteiger charge is -2.11. The molecule has 0 spiro atoms. The third kappa shape index (κ3) is 4.60. The zero-order valence-corrected chi connectivity index (χ0v) is 16.1. The van der Waals surface area contributed by atoms with Gasteiger partial charge in [-0.15, -0.1) is 0 Å². The molecule has 27 heavy (non-hydrogen) atoms. The molecule has 0 radical (unpaired) electrons. The molecule has 0 bridgehead atoms. The first-order valence-corrected chi connectivity index (χ1v) is 10.0. The number of anilines is 1. The fourth-order valence-electron chi connectivity index (χ4n) is 2.60. The fourth-order valence-corrected chi connectivity index (χ4v) is 4.16. The number of nitrogens with two attached hydrogens (primary N) is 1. The minimum atomic E-state index is -3.78. The topological polar surface area (TPSA) is 111 Å². The van der Waals surface area contributed by atoms with Crippen molar-refractivity contribution in [2.24, 2.45) is 0 Å². The normalized spacial score (nSPS) is 11.5. The lowest BCUT2D eigenvalue weighted by molar-refractivity contribution is 0.581. The van der Waals surface area contributed by atoms with Gasteiger partial charge in [0, 0.05) is 30.7 Å². The van der Waals surface area contributed by atoms with Crippen LogP contribution in [-0.2, 0) is 16.4 Å². The van der Waals surface area contributed by atoms with Crippen LogP contribution in [-0.4, -0.2) is 29.9 Å². The summed E-state index contributed by atoms with van der Waals surface area (Å²) in [6.45, 7) is 2.03. The molecule has 0 unspecified atom stereocenters. The summed E-state index contributed by atoms with van der Waals surface area (Å²) in [5.74, 6) is 0.163. The molecule has 0 aliphatic rings. The van der Waals surface area contributed by atoms with Crippen molar-refractivity contribution in [1.82, 2.24) is 19.7 Å². The number of nitrogens with zero attached hydrogens (tertiary/aromatic N) is 3. The quantitative estimate of drug-likeness (QED) is 0.654. The Morgan fingerprint density at radius 1 is 1.19 bits per heavy atom. The molecule has 2 aromatic heterocycles. The van der Waals surface area contributed by atoms with Gasteiger partial charge in [-0.2, -0.15) is 0 Å². The molecule has 1 aromatic carbocycles. The van der Waals surface area contributed by atoms with Crippen molar-refractivity contribution in [2.45, 2.75) is 18.2 Å². The molecule has 0 amide bonds. The van der Waals surface area contributed by atoms with Crippen LogP contribution in [0.4, 0.5) is 5.95 Å². The average molecular weight is 404 g/mol. The predicted octanol–water partition coefficient (Wildman–Crippen LogP) is 2.60. The van der Waals surface area contributed by atoms with E-state index in [1.807, 2.05) is 12.1 Å². The minimum absolute atomic E-state index is 0.00706. The lowest BCUT2D eigenvalue weighted by Crippen LogP contribution is -2.26. The Bertz CT molecular complexity index is 1060. The Kier molecular flexibility index (Phi) is 5.69. The van der Waals surface area contributed by atoms with E-state index in [4.69, 9.17) is 17.3 Å². The number of aromatic nitrogens is 3. The van der Waals surface area contributed by atoms with Crippen molar-refractivity contribution in [1.29, 1.82) is 0 Å². The summed E-state index contributed by atoms with van der Waals surface area (Å²) < 4.78 is 28.0. The molecule has 0 fully saturated rings. The first kappa shape index (κ1) is 19.2. The van der Waals surface area contributed by atoms with E-state index in [0.29, 0.717) is 23.2 Å². The van der Waals surface area contributed by atoms with Crippen LogP contribution in [0.3, 0.4) is 0 Å². The number of hydrogen-bond acceptors (Lipinski definition) is 6. The Morgan fingerprint density at radius 2 is 1.93 bits per heavy atom. The van der Waals surface area contributed by atoms with Crippen molar-refractivity contribution in [3.8, 4) is 11.1 Å². The zero-order valence-electron chi connectivity index (χ0n) is 14.6. The van der Waals surface area contributed by atoms with Gasteiger partial charge in [0.1, 0.15) is 4.90 Å². The van der Waals surface area contributed by atoms with E-state index in [1.54, 1.807) is 37.6 Å². The molecule has 140 valence electrons. The van der Waals surface area contributed by atoms with E-state index in [-0.39, 0.29) is 22.4 Å². The van der Waals surface area contributed by atoms with E-state index >= 15 is 0 Å². The predicted molar refractivity (Wildman–Crippen MR) is 105 cm³/mol. The van der Waals surface area contributed by atoms with Gasteiger partial charge in [0.05, 0.1) is 10.7 Å². The van der Waals surface area contributed by atoms with Crippen LogP contribution in [0.1, 0.15) is 11.3 Å². The van der Waals surface area contributed by atoms with Gasteiger partial charge in [-0.25, -0.2) is 23.1 Å². The maximum absolute atomic E-state index is 12.7. The van der Waals surface area contributed by atoms with Crippen molar-refractivity contribution in [3.05, 3.63) is 65.2 Å². The SMILES string of the molecule is Cc1nc(N)ncc1-c1ccc(Cl)c(S(=O)(=O)NCCc2ccncc2)c1. The van der Waals surface area contributed by atoms with E-state index in [0.717, 1.165) is 5.56 Å². The van der Waals surface area contributed by atoms with E-state index in [9.17, 15) is 8.42 Å². The molecule has 7 nitrogen and oxygen atoms in total. The number of sulfonamides is 1. The average Bonchev–Trinajstić information content (AvgIpc) is 2.63. The molecule has 0 saturated heterocycles. The number of pyridine rings is 1. The van der Waals surface area contributed by atoms with Gasteiger partial charge in [0.15, 0.2) is 0 Å². The van der Waals surface area contributed by atoms with Gasteiger partial charge in [-0.3, -0.25) is 4.98 Å². The number of nitrogens with one attached hydrogen (secondary N) is 1. The van der Waals surface area contributed by atoms with Crippen LogP contribution in [0.2, 0.25) is 5.02 Å². The van der Waals surface area contributed by atoms with Gasteiger partial charge < -0.3 is 5.73 Å². The molecule has 0 aliphatic heterocycles. The van der Waals surface area contributed by atoms with Gasteiger partial charge in [0.25, 0.3) is 0 Å². The molecule has 0 atom stereocenters. The van der Waals surface area contributed by atoms with Crippen molar-refractivity contribution in [2.75, 3.05) is 12.3 Å². The summed E-state index contributed by atoms with van der Waals surface area (Å²) in [7, 11) is -3.78. The van der Waals surface area contributed by atoms with Crippen LogP contribution >= 0.6 is 11.6 Å². The zero-order chi connectivity index (χ0) is 19.4. The lowest BCUT2D eigenvalue weighted by atomic mass is 10.1. The summed E-state index contributed by atoms with van der Waals surface area (Å²) in [6.07, 6.45) is 5.44. The maximum atomic E-state index is 12.7. The molecule has 0 aliphatic carbocycles. The Hall–Kier alpha value is -2.55. The summed E-state index contributed by atoms with van der Waals surface area (Å²) in [5.41, 5.74) is 8.55. The molecule has 3 aromatic rings. The summed E-state index contributed by atoms with van der Waals surface area (Å²) in [6, 6.07) is 8.46. The number of aryl methyl sites for hydroxylation is 1. The van der Waals surface area contributed by atoms with E-state index < -0.39 is 10.0 Å². The van der Waals surface area contributed by atoms with E-state index in [2.05, 4.69) is 19.7 Å². The second kappa shape index (κ2) is 7.99. The largest absolute Gasteiger partial charge is 0.368 e. The number of nitrogen functional groups attached to an aromatic ring is 1. The number of hydrogen-bond donors (Lipinski definition) is 2. The molecular formula is C18H18ClN5O2S.